The second-order valence-corrected chi connectivity index (χ2v) is 2.77. The molecule has 3 nitrogen and oxygen atoms in total. The van der Waals surface area contributed by atoms with Gasteiger partial charge >= 0.3 is 5.97 Å². The molecule has 0 fully saturated rings. The van der Waals surface area contributed by atoms with Crippen molar-refractivity contribution in [1.29, 1.82) is 0 Å². The normalized spacial score (nSPS) is 9.69. The van der Waals surface area contributed by atoms with E-state index in [9.17, 15) is 4.79 Å². The number of esters is 1. The summed E-state index contributed by atoms with van der Waals surface area (Å²) in [6, 6.07) is 1.69. The first kappa shape index (κ1) is 9.71. The van der Waals surface area contributed by atoms with Crippen LogP contribution in [-0.2, 0) is 11.2 Å². The first-order valence-corrected chi connectivity index (χ1v) is 4.30. The van der Waals surface area contributed by atoms with E-state index < -0.39 is 0 Å². The van der Waals surface area contributed by atoms with Gasteiger partial charge in [0.15, 0.2) is 0 Å². The average molecular weight is 179 g/mol. The fourth-order valence-electron chi connectivity index (χ4n) is 1.20. The van der Waals surface area contributed by atoms with Gasteiger partial charge in [0.25, 0.3) is 0 Å². The predicted octanol–water partition coefficient (Wildman–Crippen LogP) is 1.82. The lowest BCUT2D eigenvalue weighted by Gasteiger charge is -2.04. The van der Waals surface area contributed by atoms with Crippen molar-refractivity contribution in [2.45, 2.75) is 19.8 Å². The average Bonchev–Trinajstić information content (AvgIpc) is 2.18. The van der Waals surface area contributed by atoms with Crippen molar-refractivity contribution < 1.29 is 9.53 Å². The summed E-state index contributed by atoms with van der Waals surface area (Å²) in [5.41, 5.74) is 1.58. The summed E-state index contributed by atoms with van der Waals surface area (Å²) in [7, 11) is 1.39. The van der Waals surface area contributed by atoms with Crippen molar-refractivity contribution in [2.24, 2.45) is 0 Å². The van der Waals surface area contributed by atoms with Crippen LogP contribution in [0.4, 0.5) is 0 Å². The highest BCUT2D eigenvalue weighted by Crippen LogP contribution is 2.10. The Labute approximate surface area is 77.8 Å². The SMILES string of the molecule is CCCc1cnccc1C(=O)OC. The van der Waals surface area contributed by atoms with Crippen LogP contribution in [0.3, 0.4) is 0 Å². The van der Waals surface area contributed by atoms with Gasteiger partial charge in [-0.2, -0.15) is 0 Å². The highest BCUT2D eigenvalue weighted by Gasteiger charge is 2.09. The summed E-state index contributed by atoms with van der Waals surface area (Å²) >= 11 is 0. The number of carbonyl (C=O) groups excluding carboxylic acids is 1. The van der Waals surface area contributed by atoms with Crippen molar-refractivity contribution in [3.63, 3.8) is 0 Å². The van der Waals surface area contributed by atoms with Gasteiger partial charge in [0.05, 0.1) is 12.7 Å². The second kappa shape index (κ2) is 4.60. The Balaban J connectivity index is 2.97. The third-order valence-electron chi connectivity index (χ3n) is 1.83. The van der Waals surface area contributed by atoms with Gasteiger partial charge in [0.1, 0.15) is 0 Å². The second-order valence-electron chi connectivity index (χ2n) is 2.77. The van der Waals surface area contributed by atoms with E-state index in [-0.39, 0.29) is 5.97 Å². The van der Waals surface area contributed by atoms with Crippen LogP contribution >= 0.6 is 0 Å². The molecule has 0 amide bonds. The van der Waals surface area contributed by atoms with Gasteiger partial charge in [-0.15, -0.1) is 0 Å². The van der Waals surface area contributed by atoms with Crippen molar-refractivity contribution >= 4 is 5.97 Å². The van der Waals surface area contributed by atoms with E-state index in [1.165, 1.54) is 7.11 Å². The smallest absolute Gasteiger partial charge is 0.338 e. The number of pyridine rings is 1. The first-order valence-electron chi connectivity index (χ1n) is 4.30. The van der Waals surface area contributed by atoms with Gasteiger partial charge in [-0.05, 0) is 18.1 Å². The van der Waals surface area contributed by atoms with E-state index in [0.29, 0.717) is 5.56 Å². The van der Waals surface area contributed by atoms with Gasteiger partial charge in [0, 0.05) is 12.4 Å². The lowest BCUT2D eigenvalue weighted by Crippen LogP contribution is -2.05. The number of hydrogen-bond acceptors (Lipinski definition) is 3. The van der Waals surface area contributed by atoms with E-state index in [0.717, 1.165) is 18.4 Å². The van der Waals surface area contributed by atoms with Crippen LogP contribution in [0.5, 0.6) is 0 Å². The minimum Gasteiger partial charge on any atom is -0.465 e. The van der Waals surface area contributed by atoms with Crippen molar-refractivity contribution in [1.82, 2.24) is 4.98 Å². The quantitative estimate of drug-likeness (QED) is 0.664. The van der Waals surface area contributed by atoms with Crippen LogP contribution in [-0.4, -0.2) is 18.1 Å². The number of ether oxygens (including phenoxy) is 1. The molecule has 0 aliphatic carbocycles. The van der Waals surface area contributed by atoms with Crippen molar-refractivity contribution in [3.05, 3.63) is 29.6 Å². The summed E-state index contributed by atoms with van der Waals surface area (Å²) in [5, 5.41) is 0. The van der Waals surface area contributed by atoms with E-state index in [2.05, 4.69) is 16.6 Å². The zero-order valence-electron chi connectivity index (χ0n) is 7.91. The standard InChI is InChI=1S/C10H13NO2/c1-3-4-8-7-11-6-5-9(8)10(12)13-2/h5-7H,3-4H2,1-2H3. The number of carbonyl (C=O) groups is 1. The zero-order chi connectivity index (χ0) is 9.68. The maximum atomic E-state index is 11.3. The Bertz CT molecular complexity index is 297. The number of rotatable bonds is 3. The molecule has 70 valence electrons. The van der Waals surface area contributed by atoms with Crippen LogP contribution in [0.2, 0.25) is 0 Å². The Morgan fingerprint density at radius 1 is 1.62 bits per heavy atom. The Morgan fingerprint density at radius 3 is 3.00 bits per heavy atom. The van der Waals surface area contributed by atoms with Crippen LogP contribution in [0.15, 0.2) is 18.5 Å². The minimum absolute atomic E-state index is 0.286. The highest BCUT2D eigenvalue weighted by atomic mass is 16.5. The molecule has 13 heavy (non-hydrogen) atoms. The summed E-state index contributed by atoms with van der Waals surface area (Å²) < 4.78 is 4.66. The van der Waals surface area contributed by atoms with Gasteiger partial charge in [0.2, 0.25) is 0 Å². The maximum absolute atomic E-state index is 11.3. The molecule has 1 heterocycles. The number of methoxy groups -OCH3 is 1. The molecule has 0 aromatic carbocycles. The Hall–Kier alpha value is -1.38. The lowest BCUT2D eigenvalue weighted by molar-refractivity contribution is 0.0599. The predicted molar refractivity (Wildman–Crippen MR) is 49.6 cm³/mol. The minimum atomic E-state index is -0.286. The molecule has 0 bridgehead atoms. The molecule has 0 radical (unpaired) electrons. The molecule has 0 atom stereocenters. The van der Waals surface area contributed by atoms with Gasteiger partial charge < -0.3 is 4.74 Å². The monoisotopic (exact) mass is 179 g/mol. The molecule has 0 unspecified atom stereocenters. The molecule has 1 aromatic heterocycles. The third-order valence-corrected chi connectivity index (χ3v) is 1.83. The summed E-state index contributed by atoms with van der Waals surface area (Å²) in [6.07, 6.45) is 5.18. The van der Waals surface area contributed by atoms with E-state index in [1.807, 2.05) is 0 Å². The van der Waals surface area contributed by atoms with Crippen molar-refractivity contribution in [3.8, 4) is 0 Å². The number of aromatic nitrogens is 1. The van der Waals surface area contributed by atoms with E-state index in [1.54, 1.807) is 18.5 Å². The molecule has 0 aliphatic heterocycles. The van der Waals surface area contributed by atoms with Crippen LogP contribution in [0, 0.1) is 0 Å². The summed E-state index contributed by atoms with van der Waals surface area (Å²) in [4.78, 5) is 15.2. The molecule has 0 saturated heterocycles. The number of hydrogen-bond donors (Lipinski definition) is 0. The first-order chi connectivity index (χ1) is 6.29. The molecule has 1 rings (SSSR count). The van der Waals surface area contributed by atoms with Crippen LogP contribution in [0.1, 0.15) is 29.3 Å². The molecule has 1 aromatic rings. The maximum Gasteiger partial charge on any atom is 0.338 e. The van der Waals surface area contributed by atoms with Crippen LogP contribution < -0.4 is 0 Å². The molecule has 0 aliphatic rings. The Morgan fingerprint density at radius 2 is 2.38 bits per heavy atom. The van der Waals surface area contributed by atoms with Gasteiger partial charge in [-0.3, -0.25) is 4.98 Å². The fourth-order valence-corrected chi connectivity index (χ4v) is 1.20. The highest BCUT2D eigenvalue weighted by molar-refractivity contribution is 5.90. The molecular formula is C10H13NO2. The summed E-state index contributed by atoms with van der Waals surface area (Å²) in [6.45, 7) is 2.06. The topological polar surface area (TPSA) is 39.2 Å². The number of aryl methyl sites for hydroxylation is 1. The van der Waals surface area contributed by atoms with E-state index in [4.69, 9.17) is 0 Å². The van der Waals surface area contributed by atoms with Gasteiger partial charge in [-0.1, -0.05) is 13.3 Å². The van der Waals surface area contributed by atoms with Crippen molar-refractivity contribution in [2.75, 3.05) is 7.11 Å². The zero-order valence-corrected chi connectivity index (χ0v) is 7.91. The molecule has 0 N–H and O–H groups in total. The molecule has 3 heteroatoms. The Kier molecular flexibility index (Phi) is 3.43. The summed E-state index contributed by atoms with van der Waals surface area (Å²) in [5.74, 6) is -0.286. The van der Waals surface area contributed by atoms with E-state index >= 15 is 0 Å². The van der Waals surface area contributed by atoms with Crippen LogP contribution in [0.25, 0.3) is 0 Å². The third kappa shape index (κ3) is 2.28. The molecule has 0 spiro atoms. The number of nitrogens with zero attached hydrogens (tertiary/aromatic N) is 1. The largest absolute Gasteiger partial charge is 0.465 e. The molecule has 0 saturated carbocycles. The fraction of sp³-hybridized carbons (Fsp3) is 0.400. The molecular weight excluding hydrogens is 166 g/mol. The lowest BCUT2D eigenvalue weighted by atomic mass is 10.1. The van der Waals surface area contributed by atoms with Gasteiger partial charge in [-0.25, -0.2) is 4.79 Å².